The molecule has 3 heteroatoms. The van der Waals surface area contributed by atoms with Crippen molar-refractivity contribution in [2.45, 2.75) is 25.4 Å². The topological polar surface area (TPSA) is 22.1 Å². The van der Waals surface area contributed by atoms with Crippen molar-refractivity contribution in [3.05, 3.63) is 16.6 Å². The molecule has 1 fully saturated rings. The van der Waals surface area contributed by atoms with E-state index >= 15 is 0 Å². The average molecular weight is 169 g/mol. The maximum atomic E-state index is 5.30. The third-order valence-electron chi connectivity index (χ3n) is 2.00. The molecule has 0 aliphatic carbocycles. The summed E-state index contributed by atoms with van der Waals surface area (Å²) in [4.78, 5) is 4.21. The summed E-state index contributed by atoms with van der Waals surface area (Å²) < 4.78 is 5.30. The van der Waals surface area contributed by atoms with Crippen LogP contribution in [0.25, 0.3) is 0 Å². The Bertz CT molecular complexity index is 206. The van der Waals surface area contributed by atoms with Crippen LogP contribution in [0.4, 0.5) is 0 Å². The molecule has 0 N–H and O–H groups in total. The molecule has 2 heterocycles. The number of ether oxygens (including phenoxy) is 1. The van der Waals surface area contributed by atoms with Gasteiger partial charge < -0.3 is 4.74 Å². The second kappa shape index (κ2) is 3.32. The van der Waals surface area contributed by atoms with Crippen LogP contribution >= 0.6 is 11.3 Å². The number of rotatable bonds is 3. The zero-order valence-corrected chi connectivity index (χ0v) is 7.14. The summed E-state index contributed by atoms with van der Waals surface area (Å²) in [6.07, 6.45) is 3.99. The first-order chi connectivity index (χ1) is 5.45. The third kappa shape index (κ3) is 1.79. The highest BCUT2D eigenvalue weighted by molar-refractivity contribution is 7.07. The van der Waals surface area contributed by atoms with Crippen molar-refractivity contribution < 1.29 is 4.74 Å². The molecule has 0 radical (unpaired) electrons. The molecule has 0 saturated carbocycles. The van der Waals surface area contributed by atoms with Crippen molar-refractivity contribution in [3.8, 4) is 0 Å². The van der Waals surface area contributed by atoms with Gasteiger partial charge in [-0.1, -0.05) is 0 Å². The summed E-state index contributed by atoms with van der Waals surface area (Å²) in [7, 11) is 0. The van der Waals surface area contributed by atoms with E-state index in [1.807, 2.05) is 5.51 Å². The Morgan fingerprint density at radius 3 is 3.18 bits per heavy atom. The molecule has 1 unspecified atom stereocenters. The standard InChI is InChI=1S/C8H11NOS/c1(2-8-3-4-10-8)7-5-11-6-9-7/h5-6,8H,1-4H2. The highest BCUT2D eigenvalue weighted by Gasteiger charge is 2.17. The molecular formula is C8H11NOS. The van der Waals surface area contributed by atoms with Crippen LogP contribution in [-0.4, -0.2) is 17.7 Å². The van der Waals surface area contributed by atoms with Crippen LogP contribution in [0.5, 0.6) is 0 Å². The van der Waals surface area contributed by atoms with E-state index < -0.39 is 0 Å². The maximum absolute atomic E-state index is 5.30. The van der Waals surface area contributed by atoms with Crippen LogP contribution in [0.3, 0.4) is 0 Å². The number of aryl methyl sites for hydroxylation is 1. The minimum atomic E-state index is 0.525. The molecule has 1 saturated heterocycles. The minimum absolute atomic E-state index is 0.525. The smallest absolute Gasteiger partial charge is 0.0794 e. The van der Waals surface area contributed by atoms with Crippen LogP contribution in [0.1, 0.15) is 18.5 Å². The van der Waals surface area contributed by atoms with Crippen molar-refractivity contribution >= 4 is 11.3 Å². The molecule has 0 aromatic carbocycles. The largest absolute Gasteiger partial charge is 0.378 e. The van der Waals surface area contributed by atoms with E-state index in [1.165, 1.54) is 12.1 Å². The van der Waals surface area contributed by atoms with Gasteiger partial charge in [-0.05, 0) is 19.3 Å². The number of nitrogens with zero attached hydrogens (tertiary/aromatic N) is 1. The predicted octanol–water partition coefficient (Wildman–Crippen LogP) is 1.86. The summed E-state index contributed by atoms with van der Waals surface area (Å²) >= 11 is 1.66. The Kier molecular flexibility index (Phi) is 2.19. The fourth-order valence-electron chi connectivity index (χ4n) is 1.18. The van der Waals surface area contributed by atoms with Gasteiger partial charge in [-0.3, -0.25) is 0 Å². The highest BCUT2D eigenvalue weighted by Crippen LogP contribution is 2.17. The maximum Gasteiger partial charge on any atom is 0.0794 e. The molecule has 0 spiro atoms. The van der Waals surface area contributed by atoms with Gasteiger partial charge in [0.05, 0.1) is 17.3 Å². The zero-order chi connectivity index (χ0) is 7.52. The first kappa shape index (κ1) is 7.25. The second-order valence-electron chi connectivity index (χ2n) is 2.80. The van der Waals surface area contributed by atoms with Crippen molar-refractivity contribution in [1.82, 2.24) is 4.98 Å². The molecule has 1 aliphatic heterocycles. The van der Waals surface area contributed by atoms with E-state index in [1.54, 1.807) is 11.3 Å². The summed E-state index contributed by atoms with van der Waals surface area (Å²) in [5.74, 6) is 0. The van der Waals surface area contributed by atoms with Crippen molar-refractivity contribution in [2.24, 2.45) is 0 Å². The SMILES string of the molecule is c1nc(CCC2CCO2)cs1. The molecule has 0 amide bonds. The summed E-state index contributed by atoms with van der Waals surface area (Å²) in [5.41, 5.74) is 3.10. The van der Waals surface area contributed by atoms with E-state index in [-0.39, 0.29) is 0 Å². The summed E-state index contributed by atoms with van der Waals surface area (Å²) in [6.45, 7) is 0.960. The lowest BCUT2D eigenvalue weighted by Crippen LogP contribution is -2.26. The summed E-state index contributed by atoms with van der Waals surface area (Å²) in [6, 6.07) is 0. The van der Waals surface area contributed by atoms with Crippen LogP contribution in [0.15, 0.2) is 10.9 Å². The van der Waals surface area contributed by atoms with E-state index in [0.29, 0.717) is 6.10 Å². The van der Waals surface area contributed by atoms with Gasteiger partial charge in [-0.2, -0.15) is 0 Å². The predicted molar refractivity (Wildman–Crippen MR) is 44.8 cm³/mol. The Morgan fingerprint density at radius 2 is 2.64 bits per heavy atom. The van der Waals surface area contributed by atoms with Crippen LogP contribution in [-0.2, 0) is 11.2 Å². The lowest BCUT2D eigenvalue weighted by atomic mass is 10.1. The Balaban J connectivity index is 1.74. The third-order valence-corrected chi connectivity index (χ3v) is 2.63. The Hall–Kier alpha value is -0.410. The first-order valence-corrected chi connectivity index (χ1v) is 4.88. The molecule has 2 nitrogen and oxygen atoms in total. The molecule has 11 heavy (non-hydrogen) atoms. The molecule has 1 aliphatic rings. The van der Waals surface area contributed by atoms with Gasteiger partial charge in [0, 0.05) is 12.0 Å². The van der Waals surface area contributed by atoms with Gasteiger partial charge in [-0.15, -0.1) is 11.3 Å². The van der Waals surface area contributed by atoms with Crippen LogP contribution < -0.4 is 0 Å². The van der Waals surface area contributed by atoms with Crippen LogP contribution in [0, 0.1) is 0 Å². The Labute approximate surface area is 70.2 Å². The van der Waals surface area contributed by atoms with Crippen molar-refractivity contribution in [2.75, 3.05) is 6.61 Å². The fraction of sp³-hybridized carbons (Fsp3) is 0.625. The van der Waals surface area contributed by atoms with Gasteiger partial charge >= 0.3 is 0 Å². The van der Waals surface area contributed by atoms with E-state index in [0.717, 1.165) is 19.4 Å². The second-order valence-corrected chi connectivity index (χ2v) is 3.52. The average Bonchev–Trinajstić information content (AvgIpc) is 2.36. The zero-order valence-electron chi connectivity index (χ0n) is 6.32. The molecule has 1 aromatic rings. The molecule has 2 rings (SSSR count). The number of thiazole rings is 1. The van der Waals surface area contributed by atoms with Gasteiger partial charge in [0.1, 0.15) is 0 Å². The molecule has 60 valence electrons. The fourth-order valence-corrected chi connectivity index (χ4v) is 1.77. The number of hydrogen-bond acceptors (Lipinski definition) is 3. The first-order valence-electron chi connectivity index (χ1n) is 3.94. The van der Waals surface area contributed by atoms with Crippen molar-refractivity contribution in [1.29, 1.82) is 0 Å². The highest BCUT2D eigenvalue weighted by atomic mass is 32.1. The number of hydrogen-bond donors (Lipinski definition) is 0. The van der Waals surface area contributed by atoms with Gasteiger partial charge in [0.2, 0.25) is 0 Å². The van der Waals surface area contributed by atoms with Gasteiger partial charge in [-0.25, -0.2) is 4.98 Å². The number of aromatic nitrogens is 1. The van der Waals surface area contributed by atoms with Gasteiger partial charge in [0.25, 0.3) is 0 Å². The summed E-state index contributed by atoms with van der Waals surface area (Å²) in [5, 5.41) is 2.11. The molecular weight excluding hydrogens is 158 g/mol. The molecule has 0 bridgehead atoms. The quantitative estimate of drug-likeness (QED) is 0.689. The normalized spacial score (nSPS) is 23.1. The molecule has 1 aromatic heterocycles. The lowest BCUT2D eigenvalue weighted by molar-refractivity contribution is -0.0542. The monoisotopic (exact) mass is 169 g/mol. The lowest BCUT2D eigenvalue weighted by Gasteiger charge is -2.25. The molecule has 1 atom stereocenters. The van der Waals surface area contributed by atoms with E-state index in [4.69, 9.17) is 4.74 Å². The Morgan fingerprint density at radius 1 is 1.73 bits per heavy atom. The van der Waals surface area contributed by atoms with Gasteiger partial charge in [0.15, 0.2) is 0 Å². The van der Waals surface area contributed by atoms with Crippen LogP contribution in [0.2, 0.25) is 0 Å². The van der Waals surface area contributed by atoms with Crippen molar-refractivity contribution in [3.63, 3.8) is 0 Å². The van der Waals surface area contributed by atoms with E-state index in [2.05, 4.69) is 10.4 Å². The van der Waals surface area contributed by atoms with E-state index in [9.17, 15) is 0 Å². The minimum Gasteiger partial charge on any atom is -0.378 e.